The molecule has 2 rings (SSSR count). The Balaban J connectivity index is 1.97. The summed E-state index contributed by atoms with van der Waals surface area (Å²) in [5.74, 6) is 5.34. The molecular formula is C15H19N3O2S. The molecule has 1 saturated carbocycles. The van der Waals surface area contributed by atoms with Crippen molar-refractivity contribution in [3.8, 4) is 11.8 Å². The Labute approximate surface area is 128 Å². The lowest BCUT2D eigenvalue weighted by molar-refractivity contribution is -0.122. The normalized spacial score (nSPS) is 14.8. The Morgan fingerprint density at radius 3 is 2.86 bits per heavy atom. The molecule has 4 N–H and O–H groups in total. The van der Waals surface area contributed by atoms with Crippen LogP contribution < -0.4 is 16.4 Å². The van der Waals surface area contributed by atoms with Crippen LogP contribution in [-0.2, 0) is 4.79 Å². The van der Waals surface area contributed by atoms with Crippen LogP contribution in [0.5, 0.6) is 0 Å². The van der Waals surface area contributed by atoms with Gasteiger partial charge in [0, 0.05) is 6.04 Å². The molecule has 5 nitrogen and oxygen atoms in total. The van der Waals surface area contributed by atoms with Gasteiger partial charge >= 0.3 is 0 Å². The van der Waals surface area contributed by atoms with Gasteiger partial charge in [-0.2, -0.15) is 0 Å². The molecule has 0 bridgehead atoms. The summed E-state index contributed by atoms with van der Waals surface area (Å²) in [6.07, 6.45) is 2.05. The summed E-state index contributed by atoms with van der Waals surface area (Å²) in [7, 11) is 0. The molecule has 0 aromatic carbocycles. The van der Waals surface area contributed by atoms with Crippen LogP contribution in [0.2, 0.25) is 0 Å². The van der Waals surface area contributed by atoms with Crippen molar-refractivity contribution >= 4 is 23.2 Å². The average molecular weight is 305 g/mol. The summed E-state index contributed by atoms with van der Waals surface area (Å²) in [6.45, 7) is 3.87. The SMILES string of the molecule is Cc1cc(C(=O)NC(C)C(=O)NC2CC2)sc1C#CCN. The highest BCUT2D eigenvalue weighted by molar-refractivity contribution is 7.14. The molecule has 1 fully saturated rings. The summed E-state index contributed by atoms with van der Waals surface area (Å²) >= 11 is 1.31. The number of aryl methyl sites for hydroxylation is 1. The molecule has 21 heavy (non-hydrogen) atoms. The van der Waals surface area contributed by atoms with Crippen LogP contribution in [0.4, 0.5) is 0 Å². The van der Waals surface area contributed by atoms with Gasteiger partial charge in [0.15, 0.2) is 0 Å². The zero-order valence-electron chi connectivity index (χ0n) is 12.2. The van der Waals surface area contributed by atoms with E-state index in [1.807, 2.05) is 6.92 Å². The zero-order valence-corrected chi connectivity index (χ0v) is 13.0. The molecule has 1 aliphatic rings. The molecule has 1 atom stereocenters. The van der Waals surface area contributed by atoms with Crippen molar-refractivity contribution in [3.05, 3.63) is 21.4 Å². The van der Waals surface area contributed by atoms with Gasteiger partial charge in [0.1, 0.15) is 6.04 Å². The van der Waals surface area contributed by atoms with E-state index in [1.54, 1.807) is 13.0 Å². The van der Waals surface area contributed by atoms with E-state index in [-0.39, 0.29) is 18.4 Å². The molecule has 0 radical (unpaired) electrons. The lowest BCUT2D eigenvalue weighted by Crippen LogP contribution is -2.45. The van der Waals surface area contributed by atoms with Crippen molar-refractivity contribution in [2.24, 2.45) is 5.73 Å². The second-order valence-electron chi connectivity index (χ2n) is 5.11. The third-order valence-electron chi connectivity index (χ3n) is 3.11. The predicted molar refractivity (Wildman–Crippen MR) is 83.1 cm³/mol. The van der Waals surface area contributed by atoms with Crippen molar-refractivity contribution in [1.29, 1.82) is 0 Å². The van der Waals surface area contributed by atoms with Crippen LogP contribution in [-0.4, -0.2) is 30.4 Å². The standard InChI is InChI=1S/C15H19N3O2S/c1-9-8-13(21-12(9)4-3-7-16)15(20)17-10(2)14(19)18-11-5-6-11/h8,10-11H,5-7,16H2,1-2H3,(H,17,20)(H,18,19). The topological polar surface area (TPSA) is 84.2 Å². The van der Waals surface area contributed by atoms with Gasteiger partial charge in [-0.25, -0.2) is 0 Å². The quantitative estimate of drug-likeness (QED) is 0.718. The van der Waals surface area contributed by atoms with Gasteiger partial charge in [-0.05, 0) is 38.3 Å². The molecule has 1 heterocycles. The van der Waals surface area contributed by atoms with Crippen LogP contribution >= 0.6 is 11.3 Å². The maximum Gasteiger partial charge on any atom is 0.262 e. The summed E-state index contributed by atoms with van der Waals surface area (Å²) < 4.78 is 0. The summed E-state index contributed by atoms with van der Waals surface area (Å²) in [4.78, 5) is 25.4. The van der Waals surface area contributed by atoms with E-state index in [4.69, 9.17) is 5.73 Å². The summed E-state index contributed by atoms with van der Waals surface area (Å²) in [6, 6.07) is 1.53. The Kier molecular flexibility index (Phi) is 4.99. The van der Waals surface area contributed by atoms with Gasteiger partial charge in [0.05, 0.1) is 16.3 Å². The maximum absolute atomic E-state index is 12.1. The minimum Gasteiger partial charge on any atom is -0.352 e. The Morgan fingerprint density at radius 2 is 2.24 bits per heavy atom. The molecule has 0 spiro atoms. The van der Waals surface area contributed by atoms with Gasteiger partial charge in [-0.1, -0.05) is 11.8 Å². The maximum atomic E-state index is 12.1. The first-order valence-electron chi connectivity index (χ1n) is 6.92. The molecular weight excluding hydrogens is 286 g/mol. The predicted octanol–water partition coefficient (Wildman–Crippen LogP) is 0.764. The van der Waals surface area contributed by atoms with Gasteiger partial charge in [-0.15, -0.1) is 11.3 Å². The van der Waals surface area contributed by atoms with E-state index in [0.29, 0.717) is 10.9 Å². The van der Waals surface area contributed by atoms with Crippen molar-refractivity contribution in [2.45, 2.75) is 38.8 Å². The number of hydrogen-bond donors (Lipinski definition) is 3. The van der Waals surface area contributed by atoms with E-state index in [1.165, 1.54) is 11.3 Å². The molecule has 112 valence electrons. The number of carbonyl (C=O) groups excluding carboxylic acids is 2. The fourth-order valence-corrected chi connectivity index (χ4v) is 2.69. The lowest BCUT2D eigenvalue weighted by Gasteiger charge is -2.12. The largest absolute Gasteiger partial charge is 0.352 e. The van der Waals surface area contributed by atoms with E-state index in [0.717, 1.165) is 23.3 Å². The lowest BCUT2D eigenvalue weighted by atomic mass is 10.2. The fourth-order valence-electron chi connectivity index (χ4n) is 1.74. The minimum atomic E-state index is -0.543. The minimum absolute atomic E-state index is 0.137. The molecule has 6 heteroatoms. The molecule has 1 unspecified atom stereocenters. The number of hydrogen-bond acceptors (Lipinski definition) is 4. The van der Waals surface area contributed by atoms with E-state index in [9.17, 15) is 9.59 Å². The number of nitrogens with one attached hydrogen (secondary N) is 2. The van der Waals surface area contributed by atoms with Crippen molar-refractivity contribution in [2.75, 3.05) is 6.54 Å². The number of carbonyl (C=O) groups is 2. The van der Waals surface area contributed by atoms with E-state index >= 15 is 0 Å². The van der Waals surface area contributed by atoms with Gasteiger partial charge in [0.2, 0.25) is 5.91 Å². The molecule has 1 aromatic heterocycles. The average Bonchev–Trinajstić information content (AvgIpc) is 3.17. The smallest absolute Gasteiger partial charge is 0.262 e. The highest BCUT2D eigenvalue weighted by atomic mass is 32.1. The van der Waals surface area contributed by atoms with Gasteiger partial charge in [0.25, 0.3) is 5.91 Å². The highest BCUT2D eigenvalue weighted by Gasteiger charge is 2.26. The summed E-state index contributed by atoms with van der Waals surface area (Å²) in [5, 5.41) is 5.58. The van der Waals surface area contributed by atoms with Crippen LogP contribution in [0.1, 0.15) is 39.9 Å². The van der Waals surface area contributed by atoms with E-state index < -0.39 is 6.04 Å². The molecule has 0 aliphatic heterocycles. The van der Waals surface area contributed by atoms with Gasteiger partial charge < -0.3 is 16.4 Å². The Hall–Kier alpha value is -1.84. The van der Waals surface area contributed by atoms with Crippen LogP contribution in [0.15, 0.2) is 6.07 Å². The third kappa shape index (κ3) is 4.31. The number of amides is 2. The molecule has 1 aromatic rings. The van der Waals surface area contributed by atoms with E-state index in [2.05, 4.69) is 22.5 Å². The number of nitrogens with two attached hydrogens (primary N) is 1. The monoisotopic (exact) mass is 305 g/mol. The van der Waals surface area contributed by atoms with Crippen LogP contribution in [0.3, 0.4) is 0 Å². The van der Waals surface area contributed by atoms with Crippen LogP contribution in [0.25, 0.3) is 0 Å². The highest BCUT2D eigenvalue weighted by Crippen LogP contribution is 2.21. The van der Waals surface area contributed by atoms with Crippen LogP contribution in [0, 0.1) is 18.8 Å². The first kappa shape index (κ1) is 15.5. The van der Waals surface area contributed by atoms with Crippen molar-refractivity contribution < 1.29 is 9.59 Å². The second-order valence-corrected chi connectivity index (χ2v) is 6.16. The first-order chi connectivity index (χ1) is 10.0. The molecule has 1 aliphatic carbocycles. The fraction of sp³-hybridized carbons (Fsp3) is 0.467. The zero-order chi connectivity index (χ0) is 15.4. The first-order valence-corrected chi connectivity index (χ1v) is 7.73. The molecule has 2 amide bonds. The van der Waals surface area contributed by atoms with Gasteiger partial charge in [-0.3, -0.25) is 9.59 Å². The third-order valence-corrected chi connectivity index (χ3v) is 4.26. The molecule has 0 saturated heterocycles. The second kappa shape index (κ2) is 6.74. The Bertz CT molecular complexity index is 608. The summed E-state index contributed by atoms with van der Waals surface area (Å²) in [5.41, 5.74) is 6.29. The Morgan fingerprint density at radius 1 is 1.52 bits per heavy atom. The number of thiophene rings is 1. The van der Waals surface area contributed by atoms with Crippen molar-refractivity contribution in [3.63, 3.8) is 0 Å². The van der Waals surface area contributed by atoms with Crippen molar-refractivity contribution in [1.82, 2.24) is 10.6 Å². The number of rotatable bonds is 4.